The van der Waals surface area contributed by atoms with E-state index in [1.54, 1.807) is 6.07 Å². The maximum atomic E-state index is 11.2. The van der Waals surface area contributed by atoms with Crippen LogP contribution in [0.3, 0.4) is 0 Å². The number of aliphatic hydroxyl groups is 1. The number of hydrogen-bond acceptors (Lipinski definition) is 4. The molecule has 5 heteroatoms. The average molecular weight is 224 g/mol. The lowest BCUT2D eigenvalue weighted by atomic mass is 10.2. The summed E-state index contributed by atoms with van der Waals surface area (Å²) in [6, 6.07) is 7.30. The van der Waals surface area contributed by atoms with Gasteiger partial charge in [0.1, 0.15) is 5.75 Å². The highest BCUT2D eigenvalue weighted by molar-refractivity contribution is 5.77. The van der Waals surface area contributed by atoms with E-state index in [4.69, 9.17) is 15.6 Å². The molecule has 16 heavy (non-hydrogen) atoms. The summed E-state index contributed by atoms with van der Waals surface area (Å²) < 4.78 is 5.31. The predicted molar refractivity (Wildman–Crippen MR) is 59.9 cm³/mol. The summed E-state index contributed by atoms with van der Waals surface area (Å²) in [5.41, 5.74) is 6.38. The van der Waals surface area contributed by atoms with E-state index in [1.807, 2.05) is 18.2 Å². The van der Waals surface area contributed by atoms with E-state index in [-0.39, 0.29) is 25.7 Å². The molecule has 0 radical (unpaired) electrons. The van der Waals surface area contributed by atoms with Crippen LogP contribution in [0.1, 0.15) is 5.56 Å². The van der Waals surface area contributed by atoms with Gasteiger partial charge in [0.05, 0.1) is 6.61 Å². The number of benzene rings is 1. The third-order valence-corrected chi connectivity index (χ3v) is 1.99. The summed E-state index contributed by atoms with van der Waals surface area (Å²) >= 11 is 0. The second-order valence-electron chi connectivity index (χ2n) is 3.17. The van der Waals surface area contributed by atoms with Crippen LogP contribution >= 0.6 is 0 Å². The second-order valence-corrected chi connectivity index (χ2v) is 3.17. The van der Waals surface area contributed by atoms with Crippen molar-refractivity contribution in [1.29, 1.82) is 0 Å². The van der Waals surface area contributed by atoms with Crippen molar-refractivity contribution in [3.05, 3.63) is 29.8 Å². The van der Waals surface area contributed by atoms with Crippen LogP contribution in [0.4, 0.5) is 0 Å². The van der Waals surface area contributed by atoms with E-state index in [1.165, 1.54) is 0 Å². The van der Waals surface area contributed by atoms with Crippen molar-refractivity contribution in [1.82, 2.24) is 5.32 Å². The van der Waals surface area contributed by atoms with Gasteiger partial charge in [0.15, 0.2) is 6.61 Å². The van der Waals surface area contributed by atoms with Crippen LogP contribution in [-0.2, 0) is 11.3 Å². The van der Waals surface area contributed by atoms with E-state index in [9.17, 15) is 4.79 Å². The summed E-state index contributed by atoms with van der Waals surface area (Å²) in [5.74, 6) is 0.352. The molecule has 0 aromatic heterocycles. The number of nitrogens with one attached hydrogen (secondary N) is 1. The number of amides is 1. The van der Waals surface area contributed by atoms with Crippen molar-refractivity contribution in [2.45, 2.75) is 6.54 Å². The van der Waals surface area contributed by atoms with Gasteiger partial charge in [-0.25, -0.2) is 0 Å². The second kappa shape index (κ2) is 6.81. The minimum Gasteiger partial charge on any atom is -0.483 e. The summed E-state index contributed by atoms with van der Waals surface area (Å²) in [4.78, 5) is 11.2. The zero-order chi connectivity index (χ0) is 11.8. The number of para-hydroxylation sites is 1. The van der Waals surface area contributed by atoms with Crippen molar-refractivity contribution in [2.24, 2.45) is 5.73 Å². The molecule has 0 spiro atoms. The fourth-order valence-electron chi connectivity index (χ4n) is 1.20. The van der Waals surface area contributed by atoms with Crippen LogP contribution in [-0.4, -0.2) is 30.8 Å². The van der Waals surface area contributed by atoms with Crippen LogP contribution in [0.15, 0.2) is 24.3 Å². The number of hydrogen-bond donors (Lipinski definition) is 3. The maximum Gasteiger partial charge on any atom is 0.258 e. The van der Waals surface area contributed by atoms with Gasteiger partial charge in [-0.15, -0.1) is 0 Å². The van der Waals surface area contributed by atoms with E-state index < -0.39 is 0 Å². The van der Waals surface area contributed by atoms with E-state index in [0.717, 1.165) is 5.56 Å². The lowest BCUT2D eigenvalue weighted by Crippen LogP contribution is -2.31. The number of rotatable bonds is 6. The monoisotopic (exact) mass is 224 g/mol. The van der Waals surface area contributed by atoms with E-state index >= 15 is 0 Å². The van der Waals surface area contributed by atoms with Crippen LogP contribution in [0.2, 0.25) is 0 Å². The molecule has 1 aromatic rings. The van der Waals surface area contributed by atoms with Gasteiger partial charge in [-0.3, -0.25) is 4.79 Å². The SMILES string of the molecule is NCc1ccccc1OCC(=O)NCCO. The molecule has 0 saturated carbocycles. The highest BCUT2D eigenvalue weighted by atomic mass is 16.5. The van der Waals surface area contributed by atoms with Crippen molar-refractivity contribution < 1.29 is 14.6 Å². The lowest BCUT2D eigenvalue weighted by Gasteiger charge is -2.09. The largest absolute Gasteiger partial charge is 0.483 e. The summed E-state index contributed by atoms with van der Waals surface area (Å²) in [6.45, 7) is 0.456. The van der Waals surface area contributed by atoms with Crippen LogP contribution in [0.5, 0.6) is 5.75 Å². The third kappa shape index (κ3) is 3.88. The topological polar surface area (TPSA) is 84.6 Å². The molecule has 0 aliphatic heterocycles. The molecular formula is C11H16N2O3. The molecule has 0 saturated heterocycles. The first-order valence-corrected chi connectivity index (χ1v) is 5.06. The molecule has 1 rings (SSSR count). The minimum atomic E-state index is -0.263. The van der Waals surface area contributed by atoms with E-state index in [2.05, 4.69) is 5.32 Å². The molecule has 1 aromatic carbocycles. The summed E-state index contributed by atoms with van der Waals surface area (Å²) in [7, 11) is 0. The standard InChI is InChI=1S/C11H16N2O3/c12-7-9-3-1-2-4-10(9)16-8-11(15)13-5-6-14/h1-4,14H,5-8,12H2,(H,13,15). The Labute approximate surface area is 94.2 Å². The van der Waals surface area contributed by atoms with Crippen molar-refractivity contribution in [3.8, 4) is 5.75 Å². The Morgan fingerprint density at radius 1 is 1.44 bits per heavy atom. The zero-order valence-corrected chi connectivity index (χ0v) is 8.98. The number of ether oxygens (including phenoxy) is 1. The molecule has 88 valence electrons. The van der Waals surface area contributed by atoms with Crippen molar-refractivity contribution >= 4 is 5.91 Å². The van der Waals surface area contributed by atoms with Gasteiger partial charge < -0.3 is 20.9 Å². The van der Waals surface area contributed by atoms with Gasteiger partial charge in [-0.05, 0) is 6.07 Å². The number of carbonyl (C=O) groups is 1. The fourth-order valence-corrected chi connectivity index (χ4v) is 1.20. The number of aliphatic hydroxyl groups excluding tert-OH is 1. The van der Waals surface area contributed by atoms with Gasteiger partial charge in [0.25, 0.3) is 5.91 Å². The molecule has 0 aliphatic rings. The lowest BCUT2D eigenvalue weighted by molar-refractivity contribution is -0.123. The number of carbonyl (C=O) groups excluding carboxylic acids is 1. The first-order chi connectivity index (χ1) is 7.77. The molecule has 0 aliphatic carbocycles. The molecule has 5 nitrogen and oxygen atoms in total. The maximum absolute atomic E-state index is 11.2. The Bertz CT molecular complexity index is 342. The van der Waals surface area contributed by atoms with Gasteiger partial charge in [-0.2, -0.15) is 0 Å². The fraction of sp³-hybridized carbons (Fsp3) is 0.364. The van der Waals surface area contributed by atoms with Gasteiger partial charge >= 0.3 is 0 Å². The van der Waals surface area contributed by atoms with Crippen molar-refractivity contribution in [2.75, 3.05) is 19.8 Å². The molecule has 0 heterocycles. The van der Waals surface area contributed by atoms with Crippen LogP contribution < -0.4 is 15.8 Å². The summed E-state index contributed by atoms with van der Waals surface area (Å²) in [6.07, 6.45) is 0. The molecule has 0 unspecified atom stereocenters. The molecule has 0 atom stereocenters. The Balaban J connectivity index is 2.44. The summed E-state index contributed by atoms with van der Waals surface area (Å²) in [5, 5.41) is 11.0. The average Bonchev–Trinajstić information content (AvgIpc) is 2.34. The normalized spacial score (nSPS) is 9.88. The zero-order valence-electron chi connectivity index (χ0n) is 8.98. The smallest absolute Gasteiger partial charge is 0.258 e. The Morgan fingerprint density at radius 3 is 2.88 bits per heavy atom. The molecule has 4 N–H and O–H groups in total. The first kappa shape index (κ1) is 12.5. The number of nitrogens with two attached hydrogens (primary N) is 1. The van der Waals surface area contributed by atoms with Gasteiger partial charge in [-0.1, -0.05) is 18.2 Å². The Morgan fingerprint density at radius 2 is 2.19 bits per heavy atom. The Hall–Kier alpha value is -1.59. The van der Waals surface area contributed by atoms with Crippen LogP contribution in [0, 0.1) is 0 Å². The molecule has 0 bridgehead atoms. The minimum absolute atomic E-state index is 0.0724. The third-order valence-electron chi connectivity index (χ3n) is 1.99. The highest BCUT2D eigenvalue weighted by Crippen LogP contribution is 2.16. The quantitative estimate of drug-likeness (QED) is 0.615. The molecular weight excluding hydrogens is 208 g/mol. The van der Waals surface area contributed by atoms with Crippen LogP contribution in [0.25, 0.3) is 0 Å². The van der Waals surface area contributed by atoms with E-state index in [0.29, 0.717) is 12.3 Å². The highest BCUT2D eigenvalue weighted by Gasteiger charge is 2.04. The molecule has 0 fully saturated rings. The molecule has 1 amide bonds. The van der Waals surface area contributed by atoms with Gasteiger partial charge in [0.2, 0.25) is 0 Å². The Kier molecular flexibility index (Phi) is 5.31. The predicted octanol–water partition coefficient (Wildman–Crippen LogP) is -0.367. The van der Waals surface area contributed by atoms with Gasteiger partial charge in [0, 0.05) is 18.7 Å². The van der Waals surface area contributed by atoms with Crippen molar-refractivity contribution in [3.63, 3.8) is 0 Å². The first-order valence-electron chi connectivity index (χ1n) is 5.06.